The van der Waals surface area contributed by atoms with Crippen molar-refractivity contribution in [1.82, 2.24) is 0 Å². The predicted octanol–water partition coefficient (Wildman–Crippen LogP) is 3.61. The SMILES string of the molecule is COc1ccc(NC(=O)COc2cc(Br)ccc2F)cc1. The summed E-state index contributed by atoms with van der Waals surface area (Å²) in [6, 6.07) is 11.2. The number of hydrogen-bond donors (Lipinski definition) is 1. The van der Waals surface area contributed by atoms with E-state index in [1.807, 2.05) is 0 Å². The van der Waals surface area contributed by atoms with Crippen LogP contribution >= 0.6 is 15.9 Å². The number of nitrogens with one attached hydrogen (secondary N) is 1. The molecule has 0 unspecified atom stereocenters. The molecule has 0 aliphatic carbocycles. The van der Waals surface area contributed by atoms with Gasteiger partial charge in [0.25, 0.3) is 5.91 Å². The lowest BCUT2D eigenvalue weighted by molar-refractivity contribution is -0.118. The molecule has 2 aromatic rings. The van der Waals surface area contributed by atoms with Gasteiger partial charge >= 0.3 is 0 Å². The van der Waals surface area contributed by atoms with Crippen molar-refractivity contribution in [3.8, 4) is 11.5 Å². The van der Waals surface area contributed by atoms with Crippen LogP contribution < -0.4 is 14.8 Å². The highest BCUT2D eigenvalue weighted by Crippen LogP contribution is 2.22. The highest BCUT2D eigenvalue weighted by molar-refractivity contribution is 9.10. The molecule has 2 aromatic carbocycles. The normalized spacial score (nSPS) is 10.0. The fourth-order valence-electron chi connectivity index (χ4n) is 1.60. The van der Waals surface area contributed by atoms with E-state index in [9.17, 15) is 9.18 Å². The van der Waals surface area contributed by atoms with Crippen molar-refractivity contribution in [2.24, 2.45) is 0 Å². The van der Waals surface area contributed by atoms with Crippen LogP contribution in [0.4, 0.5) is 10.1 Å². The summed E-state index contributed by atoms with van der Waals surface area (Å²) in [5.74, 6) is -0.176. The molecule has 0 heterocycles. The molecule has 0 aliphatic rings. The van der Waals surface area contributed by atoms with Crippen molar-refractivity contribution in [3.05, 3.63) is 52.8 Å². The van der Waals surface area contributed by atoms with E-state index in [0.29, 0.717) is 15.9 Å². The van der Waals surface area contributed by atoms with Crippen LogP contribution in [0.5, 0.6) is 11.5 Å². The Bertz CT molecular complexity index is 631. The minimum Gasteiger partial charge on any atom is -0.497 e. The number of carbonyl (C=O) groups is 1. The summed E-state index contributed by atoms with van der Waals surface area (Å²) in [5.41, 5.74) is 0.610. The number of ether oxygens (including phenoxy) is 2. The molecule has 4 nitrogen and oxygen atoms in total. The number of amides is 1. The summed E-state index contributed by atoms with van der Waals surface area (Å²) in [6.45, 7) is -0.278. The number of rotatable bonds is 5. The Labute approximate surface area is 130 Å². The van der Waals surface area contributed by atoms with Crippen molar-refractivity contribution in [2.45, 2.75) is 0 Å². The topological polar surface area (TPSA) is 47.6 Å². The highest BCUT2D eigenvalue weighted by atomic mass is 79.9. The van der Waals surface area contributed by atoms with Crippen LogP contribution in [0.2, 0.25) is 0 Å². The third-order valence-corrected chi connectivity index (χ3v) is 3.12. The average Bonchev–Trinajstić information content (AvgIpc) is 2.49. The molecule has 0 radical (unpaired) electrons. The molecule has 0 aliphatic heterocycles. The number of hydrogen-bond acceptors (Lipinski definition) is 3. The van der Waals surface area contributed by atoms with E-state index >= 15 is 0 Å². The van der Waals surface area contributed by atoms with Gasteiger partial charge in [0.2, 0.25) is 0 Å². The molecule has 1 N–H and O–H groups in total. The monoisotopic (exact) mass is 353 g/mol. The van der Waals surface area contributed by atoms with Crippen LogP contribution in [0.25, 0.3) is 0 Å². The number of benzene rings is 2. The van der Waals surface area contributed by atoms with Gasteiger partial charge in [-0.05, 0) is 42.5 Å². The third kappa shape index (κ3) is 4.46. The van der Waals surface area contributed by atoms with Gasteiger partial charge in [0, 0.05) is 10.2 Å². The highest BCUT2D eigenvalue weighted by Gasteiger charge is 2.08. The summed E-state index contributed by atoms with van der Waals surface area (Å²) in [7, 11) is 1.56. The van der Waals surface area contributed by atoms with Crippen LogP contribution in [-0.4, -0.2) is 19.6 Å². The number of carbonyl (C=O) groups excluding carboxylic acids is 1. The first-order chi connectivity index (χ1) is 10.1. The predicted molar refractivity (Wildman–Crippen MR) is 81.2 cm³/mol. The van der Waals surface area contributed by atoms with Gasteiger partial charge in [-0.2, -0.15) is 0 Å². The fraction of sp³-hybridized carbons (Fsp3) is 0.133. The van der Waals surface area contributed by atoms with Gasteiger partial charge in [-0.25, -0.2) is 4.39 Å². The zero-order chi connectivity index (χ0) is 15.2. The number of methoxy groups -OCH3 is 1. The van der Waals surface area contributed by atoms with E-state index < -0.39 is 5.82 Å². The summed E-state index contributed by atoms with van der Waals surface area (Å²) >= 11 is 3.21. The lowest BCUT2D eigenvalue weighted by atomic mass is 10.3. The van der Waals surface area contributed by atoms with Gasteiger partial charge in [-0.1, -0.05) is 15.9 Å². The molecule has 0 bridgehead atoms. The average molecular weight is 354 g/mol. The molecule has 0 saturated carbocycles. The smallest absolute Gasteiger partial charge is 0.262 e. The van der Waals surface area contributed by atoms with Gasteiger partial charge in [0.05, 0.1) is 7.11 Å². The molecule has 110 valence electrons. The van der Waals surface area contributed by atoms with Crippen molar-refractivity contribution in [2.75, 3.05) is 19.0 Å². The van der Waals surface area contributed by atoms with E-state index in [1.165, 1.54) is 12.1 Å². The Kier molecular flexibility index (Phi) is 5.16. The molecule has 0 saturated heterocycles. The van der Waals surface area contributed by atoms with Crippen molar-refractivity contribution >= 4 is 27.5 Å². The fourth-order valence-corrected chi connectivity index (χ4v) is 1.94. The molecule has 2 rings (SSSR count). The Morgan fingerprint density at radius 3 is 2.62 bits per heavy atom. The van der Waals surface area contributed by atoms with Crippen LogP contribution in [0, 0.1) is 5.82 Å². The molecule has 6 heteroatoms. The van der Waals surface area contributed by atoms with Gasteiger partial charge in [0.15, 0.2) is 18.2 Å². The zero-order valence-corrected chi connectivity index (χ0v) is 12.8. The van der Waals surface area contributed by atoms with E-state index in [-0.39, 0.29) is 18.3 Å². The van der Waals surface area contributed by atoms with Gasteiger partial charge in [-0.3, -0.25) is 4.79 Å². The van der Waals surface area contributed by atoms with Crippen LogP contribution in [-0.2, 0) is 4.79 Å². The molecular weight excluding hydrogens is 341 g/mol. The van der Waals surface area contributed by atoms with E-state index in [2.05, 4.69) is 21.2 Å². The second kappa shape index (κ2) is 7.08. The molecule has 0 fully saturated rings. The first kappa shape index (κ1) is 15.3. The minimum absolute atomic E-state index is 0.0225. The molecule has 0 atom stereocenters. The Hall–Kier alpha value is -2.08. The largest absolute Gasteiger partial charge is 0.497 e. The summed E-state index contributed by atoms with van der Waals surface area (Å²) in [6.07, 6.45) is 0. The third-order valence-electron chi connectivity index (χ3n) is 2.63. The van der Waals surface area contributed by atoms with Gasteiger partial charge in [0.1, 0.15) is 5.75 Å². The standard InChI is InChI=1S/C15H13BrFNO3/c1-20-12-5-3-11(4-6-12)18-15(19)9-21-14-8-10(16)2-7-13(14)17/h2-8H,9H2,1H3,(H,18,19). The Morgan fingerprint density at radius 1 is 1.24 bits per heavy atom. The number of halogens is 2. The zero-order valence-electron chi connectivity index (χ0n) is 11.2. The van der Waals surface area contributed by atoms with Crippen molar-refractivity contribution in [1.29, 1.82) is 0 Å². The van der Waals surface area contributed by atoms with E-state index in [1.54, 1.807) is 37.4 Å². The first-order valence-corrected chi connectivity index (χ1v) is 6.89. The maximum atomic E-state index is 13.4. The van der Waals surface area contributed by atoms with Crippen LogP contribution in [0.3, 0.4) is 0 Å². The maximum Gasteiger partial charge on any atom is 0.262 e. The number of anilines is 1. The van der Waals surface area contributed by atoms with Crippen molar-refractivity contribution in [3.63, 3.8) is 0 Å². The quantitative estimate of drug-likeness (QED) is 0.892. The van der Waals surface area contributed by atoms with Crippen molar-refractivity contribution < 1.29 is 18.7 Å². The Morgan fingerprint density at radius 2 is 1.95 bits per heavy atom. The second-order valence-corrected chi connectivity index (χ2v) is 5.06. The van der Waals surface area contributed by atoms with Gasteiger partial charge < -0.3 is 14.8 Å². The minimum atomic E-state index is -0.518. The molecule has 0 spiro atoms. The second-order valence-electron chi connectivity index (χ2n) is 4.14. The van der Waals surface area contributed by atoms with E-state index in [4.69, 9.17) is 9.47 Å². The summed E-state index contributed by atoms with van der Waals surface area (Å²) < 4.78 is 24.3. The summed E-state index contributed by atoms with van der Waals surface area (Å²) in [5, 5.41) is 2.64. The lowest BCUT2D eigenvalue weighted by Crippen LogP contribution is -2.20. The first-order valence-electron chi connectivity index (χ1n) is 6.10. The summed E-state index contributed by atoms with van der Waals surface area (Å²) in [4.78, 5) is 11.7. The van der Waals surface area contributed by atoms with Crippen LogP contribution in [0.15, 0.2) is 46.9 Å². The molecule has 21 heavy (non-hydrogen) atoms. The van der Waals surface area contributed by atoms with Gasteiger partial charge in [-0.15, -0.1) is 0 Å². The molecule has 0 aromatic heterocycles. The molecular formula is C15H13BrFNO3. The lowest BCUT2D eigenvalue weighted by Gasteiger charge is -2.09. The molecule has 1 amide bonds. The van der Waals surface area contributed by atoms with Crippen LogP contribution in [0.1, 0.15) is 0 Å². The Balaban J connectivity index is 1.91. The van der Waals surface area contributed by atoms with E-state index in [0.717, 1.165) is 0 Å². The maximum absolute atomic E-state index is 13.4.